The fourth-order valence-electron chi connectivity index (χ4n) is 2.15. The van der Waals surface area contributed by atoms with Gasteiger partial charge in [-0.3, -0.25) is 0 Å². The molecule has 2 aromatic rings. The summed E-state index contributed by atoms with van der Waals surface area (Å²) in [4.78, 5) is 0.940. The van der Waals surface area contributed by atoms with Gasteiger partial charge in [0, 0.05) is 4.90 Å². The van der Waals surface area contributed by atoms with Crippen LogP contribution in [0, 0.1) is 0 Å². The van der Waals surface area contributed by atoms with Gasteiger partial charge in [0.25, 0.3) is 0 Å². The Hall–Kier alpha value is -1.07. The zero-order chi connectivity index (χ0) is 13.2. The minimum atomic E-state index is -0.0258. The van der Waals surface area contributed by atoms with Crippen LogP contribution in [-0.4, -0.2) is 5.26 Å². The molecule has 96 valence electrons. The van der Waals surface area contributed by atoms with Crippen LogP contribution in [0.4, 0.5) is 0 Å². The first-order chi connectivity index (χ1) is 8.54. The summed E-state index contributed by atoms with van der Waals surface area (Å²) < 4.78 is 4.58. The molecule has 0 saturated heterocycles. The topological polar surface area (TPSA) is 38.7 Å². The van der Waals surface area contributed by atoms with Gasteiger partial charge in [-0.15, -0.1) is 4.33 Å². The lowest BCUT2D eigenvalue weighted by Crippen LogP contribution is -2.13. The van der Waals surface area contributed by atoms with E-state index in [9.17, 15) is 0 Å². The highest BCUT2D eigenvalue weighted by molar-refractivity contribution is 7.94. The Bertz CT molecular complexity index is 546. The Morgan fingerprint density at radius 3 is 2.44 bits per heavy atom. The van der Waals surface area contributed by atoms with E-state index in [2.05, 4.69) is 42.3 Å². The summed E-state index contributed by atoms with van der Waals surface area (Å²) >= 11 is 1.02. The second-order valence-corrected chi connectivity index (χ2v) is 5.88. The molecule has 0 heterocycles. The molecule has 18 heavy (non-hydrogen) atoms. The van der Waals surface area contributed by atoms with Crippen molar-refractivity contribution in [2.45, 2.75) is 31.1 Å². The van der Waals surface area contributed by atoms with E-state index in [1.54, 1.807) is 0 Å². The summed E-state index contributed by atoms with van der Waals surface area (Å²) in [5, 5.41) is 14.4. The van der Waals surface area contributed by atoms with Crippen LogP contribution in [0.2, 0.25) is 0 Å². The molecule has 0 bridgehead atoms. The first-order valence-corrected chi connectivity index (χ1v) is 6.45. The number of hydrogen-bond donors (Lipinski definition) is 1. The maximum Gasteiger partial charge on any atom is 0.0717 e. The van der Waals surface area contributed by atoms with Crippen molar-refractivity contribution >= 4 is 22.8 Å². The summed E-state index contributed by atoms with van der Waals surface area (Å²) in [5.74, 6) is 0. The fourth-order valence-corrected chi connectivity index (χ4v) is 2.87. The van der Waals surface area contributed by atoms with Crippen molar-refractivity contribution in [1.82, 2.24) is 0 Å². The molecule has 0 saturated carbocycles. The van der Waals surface area contributed by atoms with Gasteiger partial charge >= 0.3 is 0 Å². The van der Waals surface area contributed by atoms with Gasteiger partial charge in [0.15, 0.2) is 0 Å². The Balaban J connectivity index is 2.63. The smallest absolute Gasteiger partial charge is 0.0717 e. The molecule has 0 aliphatic carbocycles. The lowest BCUT2D eigenvalue weighted by atomic mass is 9.83. The molecule has 0 aromatic heterocycles. The molecule has 0 atom stereocenters. The third-order valence-electron chi connectivity index (χ3n) is 2.80. The van der Waals surface area contributed by atoms with E-state index in [4.69, 9.17) is 5.26 Å². The van der Waals surface area contributed by atoms with E-state index in [0.717, 1.165) is 16.9 Å². The fraction of sp³-hybridized carbons (Fsp3) is 0.286. The molecule has 0 fully saturated rings. The van der Waals surface area contributed by atoms with E-state index < -0.39 is 0 Å². The second kappa shape index (κ2) is 5.28. The molecule has 0 radical (unpaired) electrons. The van der Waals surface area contributed by atoms with E-state index in [1.807, 2.05) is 24.3 Å². The van der Waals surface area contributed by atoms with Crippen LogP contribution < -0.4 is 0 Å². The predicted molar refractivity (Wildman–Crippen MR) is 73.3 cm³/mol. The summed E-state index contributed by atoms with van der Waals surface area (Å²) in [6.07, 6.45) is 0. The maximum atomic E-state index is 8.29. The average Bonchev–Trinajstić information content (AvgIpc) is 2.34. The lowest BCUT2D eigenvalue weighted by molar-refractivity contribution is -0.432. The molecular formula is C14H16O3S. The Labute approximate surface area is 111 Å². The van der Waals surface area contributed by atoms with Crippen LogP contribution in [0.25, 0.3) is 10.8 Å². The molecule has 4 heteroatoms. The van der Waals surface area contributed by atoms with Crippen LogP contribution >= 0.6 is 12.0 Å². The molecule has 2 rings (SSSR count). The lowest BCUT2D eigenvalue weighted by Gasteiger charge is -2.24. The van der Waals surface area contributed by atoms with Gasteiger partial charge < -0.3 is 0 Å². The standard InChI is InChI=1S/C14H16O3S/c1-14(2,3)13-11-7-5-4-6-10(11)8-9-12(13)18-17-16-15/h4-9,15H,1-3H3. The number of rotatable bonds is 3. The summed E-state index contributed by atoms with van der Waals surface area (Å²) in [7, 11) is 0. The van der Waals surface area contributed by atoms with Crippen LogP contribution in [-0.2, 0) is 14.8 Å². The van der Waals surface area contributed by atoms with Crippen LogP contribution in [0.3, 0.4) is 0 Å². The normalized spacial score (nSPS) is 12.0. The first kappa shape index (κ1) is 13.4. The molecular weight excluding hydrogens is 248 g/mol. The van der Waals surface area contributed by atoms with Gasteiger partial charge in [0.1, 0.15) is 0 Å². The van der Waals surface area contributed by atoms with E-state index in [-0.39, 0.29) is 5.41 Å². The van der Waals surface area contributed by atoms with Gasteiger partial charge in [-0.05, 0) is 27.8 Å². The average molecular weight is 264 g/mol. The Morgan fingerprint density at radius 2 is 1.78 bits per heavy atom. The van der Waals surface area contributed by atoms with Crippen molar-refractivity contribution in [3.8, 4) is 0 Å². The SMILES string of the molecule is CC(C)(C)c1c(SOOO)ccc2ccccc12. The molecule has 1 N–H and O–H groups in total. The van der Waals surface area contributed by atoms with Gasteiger partial charge in [-0.25, -0.2) is 5.26 Å². The van der Waals surface area contributed by atoms with E-state index in [0.29, 0.717) is 0 Å². The minimum Gasteiger partial charge on any atom is -0.220 e. The van der Waals surface area contributed by atoms with Gasteiger partial charge in [0.05, 0.1) is 12.0 Å². The van der Waals surface area contributed by atoms with Crippen molar-refractivity contribution in [1.29, 1.82) is 0 Å². The zero-order valence-corrected chi connectivity index (χ0v) is 11.5. The van der Waals surface area contributed by atoms with Crippen molar-refractivity contribution in [3.05, 3.63) is 42.0 Å². The number of benzene rings is 2. The molecule has 3 nitrogen and oxygen atoms in total. The summed E-state index contributed by atoms with van der Waals surface area (Å²) in [5.41, 5.74) is 1.16. The van der Waals surface area contributed by atoms with Crippen molar-refractivity contribution in [3.63, 3.8) is 0 Å². The molecule has 0 amide bonds. The van der Waals surface area contributed by atoms with E-state index >= 15 is 0 Å². The van der Waals surface area contributed by atoms with Crippen molar-refractivity contribution < 1.29 is 14.6 Å². The van der Waals surface area contributed by atoms with Crippen LogP contribution in [0.1, 0.15) is 26.3 Å². The Kier molecular flexibility index (Phi) is 3.92. The molecule has 0 unspecified atom stereocenters. The molecule has 0 spiro atoms. The van der Waals surface area contributed by atoms with E-state index in [1.165, 1.54) is 16.3 Å². The van der Waals surface area contributed by atoms with Crippen molar-refractivity contribution in [2.75, 3.05) is 0 Å². The second-order valence-electron chi connectivity index (χ2n) is 5.14. The quantitative estimate of drug-likeness (QED) is 0.501. The highest BCUT2D eigenvalue weighted by Crippen LogP contribution is 2.38. The minimum absolute atomic E-state index is 0.0258. The van der Waals surface area contributed by atoms with Gasteiger partial charge in [-0.1, -0.05) is 56.1 Å². The van der Waals surface area contributed by atoms with Gasteiger partial charge in [-0.2, -0.15) is 0 Å². The highest BCUT2D eigenvalue weighted by atomic mass is 32.2. The molecule has 0 aliphatic heterocycles. The molecule has 2 aromatic carbocycles. The van der Waals surface area contributed by atoms with Crippen LogP contribution in [0.15, 0.2) is 41.3 Å². The number of fused-ring (bicyclic) bond motifs is 1. The summed E-state index contributed by atoms with van der Waals surface area (Å²) in [6, 6.07) is 12.2. The first-order valence-electron chi connectivity index (χ1n) is 5.71. The molecule has 0 aliphatic rings. The van der Waals surface area contributed by atoms with Crippen LogP contribution in [0.5, 0.6) is 0 Å². The van der Waals surface area contributed by atoms with Crippen molar-refractivity contribution in [2.24, 2.45) is 0 Å². The zero-order valence-electron chi connectivity index (χ0n) is 10.6. The largest absolute Gasteiger partial charge is 0.220 e. The number of hydrogen-bond acceptors (Lipinski definition) is 4. The van der Waals surface area contributed by atoms with Gasteiger partial charge in [0.2, 0.25) is 0 Å². The third-order valence-corrected chi connectivity index (χ3v) is 3.44. The third kappa shape index (κ3) is 2.67. The Morgan fingerprint density at radius 1 is 1.06 bits per heavy atom. The maximum absolute atomic E-state index is 8.29. The monoisotopic (exact) mass is 264 g/mol. The predicted octanol–water partition coefficient (Wildman–Crippen LogP) is 4.57. The highest BCUT2D eigenvalue weighted by Gasteiger charge is 2.21. The summed E-state index contributed by atoms with van der Waals surface area (Å²) in [6.45, 7) is 6.45.